The normalized spacial score (nSPS) is 20.3. The number of carbonyl (C=O) groups excluding carboxylic acids is 7. The third kappa shape index (κ3) is 12.8. The molecule has 1 saturated carbocycles. The number of aliphatic hydroxyl groups excluding tert-OH is 2. The van der Waals surface area contributed by atoms with Crippen molar-refractivity contribution < 1.29 is 72.2 Å². The van der Waals surface area contributed by atoms with Gasteiger partial charge >= 0.3 is 18.2 Å². The van der Waals surface area contributed by atoms with Gasteiger partial charge in [-0.05, 0) is 98.9 Å². The summed E-state index contributed by atoms with van der Waals surface area (Å²) in [5.74, 6) is -1.83. The molecule has 2 unspecified atom stereocenters. The summed E-state index contributed by atoms with van der Waals surface area (Å²) >= 11 is 0. The fourth-order valence-electron chi connectivity index (χ4n) is 10.9. The lowest BCUT2D eigenvalue weighted by Gasteiger charge is -2.31. The number of benzene rings is 3. The highest BCUT2D eigenvalue weighted by atomic mass is 16.6. The van der Waals surface area contributed by atoms with E-state index in [1.54, 1.807) is 48.2 Å². The Bertz CT molecular complexity index is 2900. The van der Waals surface area contributed by atoms with E-state index in [4.69, 9.17) is 28.4 Å². The highest BCUT2D eigenvalue weighted by Crippen LogP contribution is 2.57. The minimum atomic E-state index is -1.43. The van der Waals surface area contributed by atoms with E-state index in [9.17, 15) is 43.8 Å². The molecule has 5 aliphatic rings. The number of esters is 1. The van der Waals surface area contributed by atoms with Crippen LogP contribution in [0.4, 0.5) is 21.0 Å². The molecule has 3 aromatic rings. The average molecular weight is 1100 g/mol. The van der Waals surface area contributed by atoms with Gasteiger partial charge in [0.15, 0.2) is 29.7 Å². The Morgan fingerprint density at radius 3 is 1.99 bits per heavy atom. The van der Waals surface area contributed by atoms with Crippen molar-refractivity contribution in [3.63, 3.8) is 0 Å². The van der Waals surface area contributed by atoms with Crippen LogP contribution in [0.5, 0.6) is 17.2 Å². The van der Waals surface area contributed by atoms with E-state index >= 15 is 0 Å². The van der Waals surface area contributed by atoms with Crippen molar-refractivity contribution in [2.24, 2.45) is 17.3 Å². The molecule has 0 radical (unpaired) electrons. The van der Waals surface area contributed by atoms with Gasteiger partial charge in [-0.15, -0.1) is 0 Å². The average Bonchev–Trinajstić information content (AvgIpc) is 4.20. The largest absolute Gasteiger partial charge is 0.493 e. The summed E-state index contributed by atoms with van der Waals surface area (Å²) in [6, 6.07) is 10.9. The number of amides is 5. The Morgan fingerprint density at radius 1 is 0.762 bits per heavy atom. The van der Waals surface area contributed by atoms with Crippen LogP contribution in [0.3, 0.4) is 0 Å². The van der Waals surface area contributed by atoms with Crippen molar-refractivity contribution in [1.29, 1.82) is 0 Å². The fourth-order valence-corrected chi connectivity index (χ4v) is 10.9. The van der Waals surface area contributed by atoms with Gasteiger partial charge in [-0.1, -0.05) is 75.6 Å². The molecule has 3 fully saturated rings. The van der Waals surface area contributed by atoms with Gasteiger partial charge in [-0.25, -0.2) is 19.4 Å². The molecule has 5 amide bonds. The smallest absolute Gasteiger partial charge is 0.416 e. The number of nitrogens with zero attached hydrogens (tertiary/aromatic N) is 4. The molecule has 0 aromatic heterocycles. The van der Waals surface area contributed by atoms with Gasteiger partial charge in [0.1, 0.15) is 25.6 Å². The van der Waals surface area contributed by atoms with E-state index < -0.39 is 66.5 Å². The van der Waals surface area contributed by atoms with E-state index in [0.717, 1.165) is 28.2 Å². The second-order valence-corrected chi connectivity index (χ2v) is 21.8. The van der Waals surface area contributed by atoms with Gasteiger partial charge in [0, 0.05) is 31.6 Å². The lowest BCUT2D eigenvalue weighted by atomic mass is 9.91. The monoisotopic (exact) mass is 1100 g/mol. The Balaban J connectivity index is 0.887. The number of ketones is 1. The van der Waals surface area contributed by atoms with E-state index in [2.05, 4.69) is 25.1 Å². The van der Waals surface area contributed by atoms with Crippen molar-refractivity contribution in [3.05, 3.63) is 114 Å². The molecule has 20 heteroatoms. The summed E-state index contributed by atoms with van der Waals surface area (Å²) < 4.78 is 34.4. The molecule has 8 rings (SSSR count). The number of hydrogen-bond donors (Lipinski definition) is 3. The highest BCUT2D eigenvalue weighted by molar-refractivity contribution is 6.07. The van der Waals surface area contributed by atoms with E-state index in [-0.39, 0.29) is 109 Å². The molecule has 20 nitrogen and oxygen atoms in total. The Hall–Kier alpha value is -7.71. The number of aryl methyl sites for hydroxylation is 1. The van der Waals surface area contributed by atoms with Crippen molar-refractivity contribution in [2.75, 3.05) is 56.4 Å². The van der Waals surface area contributed by atoms with Crippen LogP contribution < -0.4 is 29.3 Å². The first-order valence-electron chi connectivity index (χ1n) is 27.3. The highest BCUT2D eigenvalue weighted by Gasteiger charge is 2.58. The van der Waals surface area contributed by atoms with Gasteiger partial charge in [0.25, 0.3) is 11.8 Å². The molecule has 1 aliphatic carbocycles. The van der Waals surface area contributed by atoms with Gasteiger partial charge in [0.05, 0.1) is 73.3 Å². The number of ether oxygens (including phenoxy) is 6. The number of rotatable bonds is 23. The summed E-state index contributed by atoms with van der Waals surface area (Å²) in [6.45, 7) is 19.1. The summed E-state index contributed by atoms with van der Waals surface area (Å²) in [5, 5.41) is 26.3. The minimum Gasteiger partial charge on any atom is -0.493 e. The molecular formula is C60H73N5O15. The third-order valence-electron chi connectivity index (χ3n) is 15.6. The van der Waals surface area contributed by atoms with Crippen molar-refractivity contribution in [1.82, 2.24) is 15.1 Å². The van der Waals surface area contributed by atoms with Crippen LogP contribution in [0.15, 0.2) is 86.0 Å². The summed E-state index contributed by atoms with van der Waals surface area (Å²) in [4.78, 5) is 99.9. The van der Waals surface area contributed by atoms with Crippen molar-refractivity contribution in [3.8, 4) is 17.2 Å². The standard InChI is InChI=1S/C60H73N5O15/c1-9-20-78-52(67)28-41(35(3)4)53(68)61-38(7)48(66)26-39-14-16-40(17-15-39)33-80-59(74)65-44-29-49(37(6)25-42(44)55(70)63-34-60(18-19-60)31-47(63)57(65)72)76-22-12-11-13-23-77-51-30-45-43(27-50(51)75-8)54(69)62-32-36(5)24-46(62)56(71)64(45)58(73)79-21-10-2/h9-10,14-17,25,27,29-30,35,38,41,46-47,56-57,71-72H,1-2,5,11-13,18-24,26,28,31-34H2,3-4,6-8H3,(H,61,68)/t38-,41-,46-,47-,56?,57?/m0/s1. The number of methoxy groups -OCH3 is 1. The van der Waals surface area contributed by atoms with Crippen molar-refractivity contribution in [2.45, 2.75) is 123 Å². The van der Waals surface area contributed by atoms with Gasteiger partial charge in [-0.2, -0.15) is 0 Å². The zero-order valence-corrected chi connectivity index (χ0v) is 46.2. The molecule has 0 bridgehead atoms. The van der Waals surface area contributed by atoms with Crippen LogP contribution in [0.25, 0.3) is 0 Å². The number of fused-ring (bicyclic) bond motifs is 4. The Labute approximate surface area is 466 Å². The van der Waals surface area contributed by atoms with Gasteiger partial charge < -0.3 is 53.8 Å². The lowest BCUT2D eigenvalue weighted by Crippen LogP contribution is -2.50. The zero-order valence-electron chi connectivity index (χ0n) is 46.2. The van der Waals surface area contributed by atoms with Crippen LogP contribution in [-0.4, -0.2) is 139 Å². The van der Waals surface area contributed by atoms with Gasteiger partial charge in [0.2, 0.25) is 5.91 Å². The molecule has 428 valence electrons. The number of aliphatic hydroxyl groups is 2. The predicted octanol–water partition coefficient (Wildman–Crippen LogP) is 7.34. The Kier molecular flexibility index (Phi) is 18.4. The van der Waals surface area contributed by atoms with Crippen LogP contribution in [0.2, 0.25) is 0 Å². The fraction of sp³-hybridized carbons (Fsp3) is 0.483. The first-order chi connectivity index (χ1) is 38.3. The SMILES string of the molecule is C=CCOC(=O)C[C@H](C(=O)N[C@@H](C)C(=O)Cc1ccc(COC(=O)N2c3cc(OCCCCCOc4cc5c(cc4OC)C(=O)N4CC(=C)C[C@H]4C(O)N5C(=O)OCC=C)c(C)cc3C(=O)N3CC4(CC4)C[C@H]3C2O)cc1)C(C)C. The first-order valence-corrected chi connectivity index (χ1v) is 27.3. The quantitative estimate of drug-likeness (QED) is 0.0364. The second-order valence-electron chi connectivity index (χ2n) is 21.8. The number of carbonyl (C=O) groups is 7. The maximum Gasteiger partial charge on any atom is 0.416 e. The van der Waals surface area contributed by atoms with E-state index in [1.807, 2.05) is 20.8 Å². The van der Waals surface area contributed by atoms with Crippen LogP contribution in [0, 0.1) is 24.2 Å². The van der Waals surface area contributed by atoms with Crippen LogP contribution >= 0.6 is 0 Å². The number of nitrogens with one attached hydrogen (secondary N) is 1. The number of Topliss-reactive ketones (excluding diaryl/α,β-unsaturated/α-hetero) is 1. The van der Waals surface area contributed by atoms with Crippen LogP contribution in [0.1, 0.15) is 110 Å². The molecule has 4 aliphatic heterocycles. The minimum absolute atomic E-state index is 0.0100. The first kappa shape index (κ1) is 58.4. The predicted molar refractivity (Wildman–Crippen MR) is 294 cm³/mol. The molecule has 6 atom stereocenters. The topological polar surface area (TPSA) is 240 Å². The lowest BCUT2D eigenvalue weighted by molar-refractivity contribution is -0.146. The Morgan fingerprint density at radius 2 is 1.35 bits per heavy atom. The summed E-state index contributed by atoms with van der Waals surface area (Å²) in [5.41, 5.74) is 3.21. The van der Waals surface area contributed by atoms with Gasteiger partial charge in [-0.3, -0.25) is 24.0 Å². The molecule has 2 saturated heterocycles. The molecule has 3 aromatic carbocycles. The molecular weight excluding hydrogens is 1030 g/mol. The zero-order chi connectivity index (χ0) is 57.6. The van der Waals surface area contributed by atoms with E-state index in [0.29, 0.717) is 61.1 Å². The molecule has 80 heavy (non-hydrogen) atoms. The maximum atomic E-state index is 14.3. The van der Waals surface area contributed by atoms with Crippen molar-refractivity contribution >= 4 is 53.0 Å². The molecule has 1 spiro atoms. The second kappa shape index (κ2) is 25.2. The maximum absolute atomic E-state index is 14.3. The third-order valence-corrected chi connectivity index (χ3v) is 15.6. The van der Waals surface area contributed by atoms with E-state index in [1.165, 1.54) is 36.3 Å². The molecule has 4 heterocycles. The summed E-state index contributed by atoms with van der Waals surface area (Å²) in [6.07, 6.45) is 2.64. The molecule has 3 N–H and O–H groups in total. The number of anilines is 2. The number of unbranched alkanes of at least 4 members (excludes halogenated alkanes) is 2. The number of hydrogen-bond acceptors (Lipinski definition) is 15. The van der Waals surface area contributed by atoms with Crippen LogP contribution in [-0.2, 0) is 41.6 Å². The summed E-state index contributed by atoms with van der Waals surface area (Å²) in [7, 11) is 1.44.